The first-order chi connectivity index (χ1) is 14.1. The number of para-hydroxylation sites is 1. The lowest BCUT2D eigenvalue weighted by molar-refractivity contribution is -0.192. The summed E-state index contributed by atoms with van der Waals surface area (Å²) in [5, 5.41) is 11.1. The summed E-state index contributed by atoms with van der Waals surface area (Å²) in [6, 6.07) is 9.98. The van der Waals surface area contributed by atoms with Crippen molar-refractivity contribution >= 4 is 17.6 Å². The Kier molecular flexibility index (Phi) is 6.16. The molecule has 2 fully saturated rings. The van der Waals surface area contributed by atoms with Crippen molar-refractivity contribution in [2.45, 2.75) is 26.6 Å². The highest BCUT2D eigenvalue weighted by Crippen LogP contribution is 2.35. The fourth-order valence-corrected chi connectivity index (χ4v) is 3.87. The molecule has 2 aliphatic heterocycles. The summed E-state index contributed by atoms with van der Waals surface area (Å²) >= 11 is 0. The molecular formula is C20H22F3N3O4. The Bertz CT molecular complexity index is 894. The van der Waals surface area contributed by atoms with Crippen molar-refractivity contribution in [1.29, 1.82) is 0 Å². The van der Waals surface area contributed by atoms with E-state index in [1.54, 1.807) is 0 Å². The normalized spacial score (nSPS) is 21.4. The van der Waals surface area contributed by atoms with E-state index in [9.17, 15) is 18.0 Å². The van der Waals surface area contributed by atoms with Gasteiger partial charge in [0.25, 0.3) is 0 Å². The zero-order valence-electron chi connectivity index (χ0n) is 16.5. The fraction of sp³-hybridized carbons (Fsp3) is 0.450. The maximum Gasteiger partial charge on any atom is 0.490 e. The number of likely N-dealkylation sites (tertiary alicyclic amines) is 1. The SMILES string of the molecule is Cc1noc(C)c1CN1C[C@H]2CN(c3ccccc3)C(=O)[C@H]2C1.O=C(O)C(F)(F)F. The molecule has 1 aromatic carbocycles. The predicted octanol–water partition coefficient (Wildman–Crippen LogP) is 3.02. The number of nitrogens with zero attached hydrogens (tertiary/aromatic N) is 3. The summed E-state index contributed by atoms with van der Waals surface area (Å²) in [4.78, 5) is 25.9. The van der Waals surface area contributed by atoms with Crippen LogP contribution in [0.2, 0.25) is 0 Å². The molecule has 1 amide bonds. The van der Waals surface area contributed by atoms with E-state index in [2.05, 4.69) is 10.1 Å². The van der Waals surface area contributed by atoms with Crippen LogP contribution in [0.5, 0.6) is 0 Å². The van der Waals surface area contributed by atoms with Crippen LogP contribution >= 0.6 is 0 Å². The van der Waals surface area contributed by atoms with E-state index in [-0.39, 0.29) is 11.8 Å². The number of aliphatic carboxylic acids is 1. The van der Waals surface area contributed by atoms with Crippen LogP contribution in [0.15, 0.2) is 34.9 Å². The number of halogens is 3. The van der Waals surface area contributed by atoms with Crippen LogP contribution in [0.1, 0.15) is 17.0 Å². The molecule has 0 bridgehead atoms. The number of carboxylic acids is 1. The molecule has 0 aliphatic carbocycles. The molecule has 2 saturated heterocycles. The quantitative estimate of drug-likeness (QED) is 0.814. The highest BCUT2D eigenvalue weighted by Gasteiger charge is 2.46. The number of fused-ring (bicyclic) bond motifs is 1. The number of rotatable bonds is 3. The summed E-state index contributed by atoms with van der Waals surface area (Å²) in [5.41, 5.74) is 3.14. The van der Waals surface area contributed by atoms with E-state index < -0.39 is 12.1 Å². The van der Waals surface area contributed by atoms with E-state index in [4.69, 9.17) is 14.4 Å². The van der Waals surface area contributed by atoms with E-state index in [1.165, 1.54) is 0 Å². The number of alkyl halides is 3. The first kappa shape index (κ1) is 21.8. The Balaban J connectivity index is 0.000000318. The number of carbonyl (C=O) groups is 2. The molecule has 2 aromatic rings. The third-order valence-corrected chi connectivity index (χ3v) is 5.39. The fourth-order valence-electron chi connectivity index (χ4n) is 3.87. The molecular weight excluding hydrogens is 403 g/mol. The average molecular weight is 425 g/mol. The summed E-state index contributed by atoms with van der Waals surface area (Å²) in [5.74, 6) is -1.06. The van der Waals surface area contributed by atoms with Gasteiger partial charge in [-0.15, -0.1) is 0 Å². The minimum absolute atomic E-state index is 0.121. The lowest BCUT2D eigenvalue weighted by atomic mass is 10.0. The lowest BCUT2D eigenvalue weighted by Crippen LogP contribution is -2.32. The topological polar surface area (TPSA) is 86.9 Å². The number of aryl methyl sites for hydroxylation is 2. The Labute approximate surface area is 171 Å². The third kappa shape index (κ3) is 4.64. The minimum atomic E-state index is -5.08. The zero-order valence-corrected chi connectivity index (χ0v) is 16.5. The number of benzene rings is 1. The summed E-state index contributed by atoms with van der Waals surface area (Å²) < 4.78 is 37.0. The van der Waals surface area contributed by atoms with Crippen LogP contribution in [0.25, 0.3) is 0 Å². The van der Waals surface area contributed by atoms with Crippen molar-refractivity contribution in [2.75, 3.05) is 24.5 Å². The standard InChI is InChI=1S/C18H21N3O2.C2HF3O2/c1-12-16(13(2)23-19-12)10-20-8-14-9-21(18(22)17(14)11-20)15-6-4-3-5-7-15;3-2(4,5)1(6)7/h3-7,14,17H,8-11H2,1-2H3;(H,6,7)/t14-,17-;/m0./s1. The number of anilines is 1. The van der Waals surface area contributed by atoms with Gasteiger partial charge in [-0.3, -0.25) is 9.69 Å². The molecule has 0 saturated carbocycles. The molecule has 1 N–H and O–H groups in total. The summed E-state index contributed by atoms with van der Waals surface area (Å²) in [6.07, 6.45) is -5.08. The third-order valence-electron chi connectivity index (χ3n) is 5.39. The minimum Gasteiger partial charge on any atom is -0.475 e. The van der Waals surface area contributed by atoms with Gasteiger partial charge in [0, 0.05) is 43.3 Å². The molecule has 7 nitrogen and oxygen atoms in total. The van der Waals surface area contributed by atoms with Gasteiger partial charge in [0.2, 0.25) is 5.91 Å². The van der Waals surface area contributed by atoms with Gasteiger partial charge in [0.1, 0.15) is 5.76 Å². The number of amides is 1. The summed E-state index contributed by atoms with van der Waals surface area (Å²) in [6.45, 7) is 7.37. The van der Waals surface area contributed by atoms with Crippen molar-refractivity contribution in [3.8, 4) is 0 Å². The van der Waals surface area contributed by atoms with Crippen molar-refractivity contribution < 1.29 is 32.4 Å². The Morgan fingerprint density at radius 3 is 2.33 bits per heavy atom. The molecule has 3 heterocycles. The number of hydrogen-bond acceptors (Lipinski definition) is 5. The average Bonchev–Trinajstić information content (AvgIpc) is 3.32. The Morgan fingerprint density at radius 2 is 1.83 bits per heavy atom. The van der Waals surface area contributed by atoms with Crippen molar-refractivity contribution in [1.82, 2.24) is 10.1 Å². The Morgan fingerprint density at radius 1 is 1.20 bits per heavy atom. The second kappa shape index (κ2) is 8.47. The molecule has 10 heteroatoms. The monoisotopic (exact) mass is 425 g/mol. The highest BCUT2D eigenvalue weighted by atomic mass is 19.4. The van der Waals surface area contributed by atoms with Gasteiger partial charge in [-0.25, -0.2) is 4.79 Å². The number of hydrogen-bond donors (Lipinski definition) is 1. The molecule has 2 aliphatic rings. The van der Waals surface area contributed by atoms with E-state index in [1.807, 2.05) is 49.1 Å². The molecule has 2 atom stereocenters. The molecule has 30 heavy (non-hydrogen) atoms. The van der Waals surface area contributed by atoms with E-state index in [0.29, 0.717) is 5.92 Å². The first-order valence-corrected chi connectivity index (χ1v) is 9.38. The van der Waals surface area contributed by atoms with Gasteiger partial charge in [-0.05, 0) is 26.0 Å². The van der Waals surface area contributed by atoms with Crippen LogP contribution in [0.4, 0.5) is 18.9 Å². The van der Waals surface area contributed by atoms with Gasteiger partial charge in [-0.1, -0.05) is 23.4 Å². The van der Waals surface area contributed by atoms with Gasteiger partial charge in [-0.2, -0.15) is 13.2 Å². The second-order valence-corrected chi connectivity index (χ2v) is 7.45. The van der Waals surface area contributed by atoms with E-state index in [0.717, 1.165) is 48.9 Å². The largest absolute Gasteiger partial charge is 0.490 e. The molecule has 162 valence electrons. The van der Waals surface area contributed by atoms with Crippen LogP contribution < -0.4 is 4.90 Å². The summed E-state index contributed by atoms with van der Waals surface area (Å²) in [7, 11) is 0. The maximum absolute atomic E-state index is 12.7. The maximum atomic E-state index is 12.7. The van der Waals surface area contributed by atoms with Crippen molar-refractivity contribution in [2.24, 2.45) is 11.8 Å². The molecule has 0 spiro atoms. The van der Waals surface area contributed by atoms with Gasteiger partial charge < -0.3 is 14.5 Å². The first-order valence-electron chi connectivity index (χ1n) is 9.38. The van der Waals surface area contributed by atoms with Crippen LogP contribution in [0, 0.1) is 25.7 Å². The van der Waals surface area contributed by atoms with Crippen LogP contribution in [-0.2, 0) is 16.1 Å². The predicted molar refractivity (Wildman–Crippen MR) is 101 cm³/mol. The number of aromatic nitrogens is 1. The van der Waals surface area contributed by atoms with Gasteiger partial charge in [0.05, 0.1) is 11.6 Å². The zero-order chi connectivity index (χ0) is 22.1. The van der Waals surface area contributed by atoms with Gasteiger partial charge >= 0.3 is 12.1 Å². The van der Waals surface area contributed by atoms with Crippen molar-refractivity contribution in [3.05, 3.63) is 47.3 Å². The number of carboxylic acid groups (broad SMARTS) is 1. The second-order valence-electron chi connectivity index (χ2n) is 7.45. The highest BCUT2D eigenvalue weighted by molar-refractivity contribution is 5.98. The van der Waals surface area contributed by atoms with Gasteiger partial charge in [0.15, 0.2) is 0 Å². The Hall–Kier alpha value is -2.88. The number of carbonyl (C=O) groups excluding carboxylic acids is 1. The molecule has 0 unspecified atom stereocenters. The lowest BCUT2D eigenvalue weighted by Gasteiger charge is -2.21. The molecule has 1 aromatic heterocycles. The van der Waals surface area contributed by atoms with Crippen LogP contribution in [-0.4, -0.2) is 52.9 Å². The molecule has 4 rings (SSSR count). The molecule has 0 radical (unpaired) electrons. The van der Waals surface area contributed by atoms with Crippen molar-refractivity contribution in [3.63, 3.8) is 0 Å². The van der Waals surface area contributed by atoms with E-state index >= 15 is 0 Å². The van der Waals surface area contributed by atoms with Crippen LogP contribution in [0.3, 0.4) is 0 Å². The smallest absolute Gasteiger partial charge is 0.475 e.